The molecule has 2 amide bonds. The summed E-state index contributed by atoms with van der Waals surface area (Å²) >= 11 is 0. The van der Waals surface area contributed by atoms with Gasteiger partial charge in [-0.05, 0) is 37.8 Å². The number of rotatable bonds is 5. The van der Waals surface area contributed by atoms with Gasteiger partial charge in [0.15, 0.2) is 0 Å². The monoisotopic (exact) mass is 342 g/mol. The molecular weight excluding hydrogens is 320 g/mol. The van der Waals surface area contributed by atoms with Crippen LogP contribution >= 0.6 is 0 Å². The lowest BCUT2D eigenvalue weighted by atomic mass is 10.0. The van der Waals surface area contributed by atoms with Crippen LogP contribution in [0.2, 0.25) is 0 Å². The molecule has 0 radical (unpaired) electrons. The molecule has 1 aliphatic heterocycles. The third-order valence-corrected chi connectivity index (χ3v) is 4.62. The zero-order valence-corrected chi connectivity index (χ0v) is 14.0. The van der Waals surface area contributed by atoms with E-state index in [0.717, 1.165) is 12.8 Å². The number of amides is 2. The van der Waals surface area contributed by atoms with Crippen LogP contribution in [0, 0.1) is 0 Å². The number of nitrogens with two attached hydrogens (primary N) is 1. The molecule has 1 saturated heterocycles. The van der Waals surface area contributed by atoms with E-state index in [0.29, 0.717) is 49.0 Å². The molecule has 2 heterocycles. The zero-order chi connectivity index (χ0) is 17.8. The first-order chi connectivity index (χ1) is 12.1. The van der Waals surface area contributed by atoms with Crippen molar-refractivity contribution in [1.29, 1.82) is 0 Å². The van der Waals surface area contributed by atoms with Gasteiger partial charge in [0, 0.05) is 19.4 Å². The molecule has 0 saturated carbocycles. The van der Waals surface area contributed by atoms with Crippen molar-refractivity contribution in [2.75, 3.05) is 6.54 Å². The second-order valence-electron chi connectivity index (χ2n) is 6.38. The van der Waals surface area contributed by atoms with Crippen LogP contribution in [0.1, 0.15) is 37.9 Å². The first-order valence-corrected chi connectivity index (χ1v) is 8.63. The number of primary amides is 1. The first-order valence-electron chi connectivity index (χ1n) is 8.63. The van der Waals surface area contributed by atoms with E-state index in [-0.39, 0.29) is 11.5 Å². The van der Waals surface area contributed by atoms with E-state index in [2.05, 4.69) is 9.97 Å². The van der Waals surface area contributed by atoms with Crippen LogP contribution in [0.15, 0.2) is 29.1 Å². The van der Waals surface area contributed by atoms with Gasteiger partial charge in [0.2, 0.25) is 11.8 Å². The molecule has 1 fully saturated rings. The number of fused-ring (bicyclic) bond motifs is 1. The lowest BCUT2D eigenvalue weighted by Crippen LogP contribution is -2.50. The Balaban J connectivity index is 1.61. The number of nitrogens with one attached hydrogen (secondary N) is 1. The summed E-state index contributed by atoms with van der Waals surface area (Å²) in [5.74, 6) is 0.0711. The average Bonchev–Trinajstić information content (AvgIpc) is 2.61. The van der Waals surface area contributed by atoms with Gasteiger partial charge in [0.25, 0.3) is 5.56 Å². The van der Waals surface area contributed by atoms with Crippen LogP contribution in [0.4, 0.5) is 0 Å². The van der Waals surface area contributed by atoms with E-state index in [9.17, 15) is 14.4 Å². The molecule has 7 nitrogen and oxygen atoms in total. The second-order valence-corrected chi connectivity index (χ2v) is 6.38. The van der Waals surface area contributed by atoms with Crippen molar-refractivity contribution in [3.8, 4) is 0 Å². The number of hydrogen-bond donors (Lipinski definition) is 2. The van der Waals surface area contributed by atoms with Gasteiger partial charge in [-0.25, -0.2) is 4.98 Å². The molecule has 1 aromatic carbocycles. The molecule has 25 heavy (non-hydrogen) atoms. The Hall–Kier alpha value is -2.70. The first kappa shape index (κ1) is 17.1. The van der Waals surface area contributed by atoms with Crippen molar-refractivity contribution in [2.45, 2.75) is 44.6 Å². The predicted octanol–water partition coefficient (Wildman–Crippen LogP) is 1.11. The van der Waals surface area contributed by atoms with Gasteiger partial charge >= 0.3 is 0 Å². The number of aryl methyl sites for hydroxylation is 1. The Bertz CT molecular complexity index is 846. The summed E-state index contributed by atoms with van der Waals surface area (Å²) in [5, 5.41) is 0.556. The Kier molecular flexibility index (Phi) is 5.11. The summed E-state index contributed by atoms with van der Waals surface area (Å²) in [4.78, 5) is 44.8. The number of carbonyl (C=O) groups is 2. The number of nitrogens with zero attached hydrogens (tertiary/aromatic N) is 2. The normalized spacial score (nSPS) is 17.6. The minimum Gasteiger partial charge on any atom is -0.368 e. The molecule has 1 atom stereocenters. The summed E-state index contributed by atoms with van der Waals surface area (Å²) in [6, 6.07) is 6.67. The van der Waals surface area contributed by atoms with Gasteiger partial charge in [0.05, 0.1) is 10.9 Å². The van der Waals surface area contributed by atoms with Gasteiger partial charge in [-0.2, -0.15) is 0 Å². The number of carbonyl (C=O) groups excluding carboxylic acids is 2. The van der Waals surface area contributed by atoms with Crippen LogP contribution in [0.3, 0.4) is 0 Å². The highest BCUT2D eigenvalue weighted by Gasteiger charge is 2.30. The fourth-order valence-electron chi connectivity index (χ4n) is 3.33. The van der Waals surface area contributed by atoms with E-state index < -0.39 is 11.9 Å². The molecule has 0 bridgehead atoms. The van der Waals surface area contributed by atoms with E-state index in [4.69, 9.17) is 5.73 Å². The van der Waals surface area contributed by atoms with Crippen molar-refractivity contribution in [1.82, 2.24) is 14.9 Å². The zero-order valence-electron chi connectivity index (χ0n) is 14.0. The minimum absolute atomic E-state index is 0.0633. The van der Waals surface area contributed by atoms with Crippen molar-refractivity contribution in [2.24, 2.45) is 5.73 Å². The molecule has 7 heteroatoms. The number of H-pyrrole nitrogens is 1. The number of likely N-dealkylation sites (tertiary alicyclic amines) is 1. The van der Waals surface area contributed by atoms with Crippen molar-refractivity contribution < 1.29 is 9.59 Å². The maximum Gasteiger partial charge on any atom is 0.258 e. The highest BCUT2D eigenvalue weighted by Crippen LogP contribution is 2.18. The number of piperidine rings is 1. The molecule has 0 aliphatic carbocycles. The molecule has 1 unspecified atom stereocenters. The van der Waals surface area contributed by atoms with E-state index in [1.165, 1.54) is 0 Å². The summed E-state index contributed by atoms with van der Waals surface area (Å²) in [6.45, 7) is 0.581. The van der Waals surface area contributed by atoms with Gasteiger partial charge in [0.1, 0.15) is 11.9 Å². The molecule has 3 rings (SSSR count). The van der Waals surface area contributed by atoms with Crippen molar-refractivity contribution in [3.63, 3.8) is 0 Å². The summed E-state index contributed by atoms with van der Waals surface area (Å²) in [7, 11) is 0. The number of hydrogen-bond acceptors (Lipinski definition) is 4. The Morgan fingerprint density at radius 1 is 1.28 bits per heavy atom. The largest absolute Gasteiger partial charge is 0.368 e. The van der Waals surface area contributed by atoms with Gasteiger partial charge in [-0.1, -0.05) is 12.1 Å². The fourth-order valence-corrected chi connectivity index (χ4v) is 3.33. The predicted molar refractivity (Wildman–Crippen MR) is 93.8 cm³/mol. The average molecular weight is 342 g/mol. The van der Waals surface area contributed by atoms with E-state index in [1.54, 1.807) is 23.1 Å². The van der Waals surface area contributed by atoms with Gasteiger partial charge in [-0.3, -0.25) is 14.4 Å². The lowest BCUT2D eigenvalue weighted by Gasteiger charge is -2.33. The number of aromatic amines is 1. The molecule has 0 spiro atoms. The standard InChI is InChI=1S/C18H22N4O3/c19-17(24)14-8-3-4-11-22(14)16(23)10-5-9-15-20-13-7-2-1-6-12(13)18(25)21-15/h1-2,6-7,14H,3-5,8-11H2,(H2,19,24)(H,20,21,25). The van der Waals surface area contributed by atoms with Crippen molar-refractivity contribution >= 4 is 22.7 Å². The highest BCUT2D eigenvalue weighted by molar-refractivity contribution is 5.86. The molecule has 1 aliphatic rings. The maximum atomic E-state index is 12.4. The summed E-state index contributed by atoms with van der Waals surface area (Å²) in [6.07, 6.45) is 3.82. The molecule has 1 aromatic heterocycles. The summed E-state index contributed by atoms with van der Waals surface area (Å²) in [5.41, 5.74) is 5.88. The molecule has 132 valence electrons. The quantitative estimate of drug-likeness (QED) is 0.848. The molecule has 3 N–H and O–H groups in total. The minimum atomic E-state index is -0.486. The third kappa shape index (κ3) is 3.87. The smallest absolute Gasteiger partial charge is 0.258 e. The number of benzene rings is 1. The van der Waals surface area contributed by atoms with Crippen molar-refractivity contribution in [3.05, 3.63) is 40.4 Å². The number of para-hydroxylation sites is 1. The van der Waals surface area contributed by atoms with Crippen LogP contribution < -0.4 is 11.3 Å². The molecular formula is C18H22N4O3. The van der Waals surface area contributed by atoms with Gasteiger partial charge in [-0.15, -0.1) is 0 Å². The number of aromatic nitrogens is 2. The van der Waals surface area contributed by atoms with Crippen LogP contribution in [0.25, 0.3) is 10.9 Å². The lowest BCUT2D eigenvalue weighted by molar-refractivity contribution is -0.141. The Morgan fingerprint density at radius 3 is 2.88 bits per heavy atom. The fraction of sp³-hybridized carbons (Fsp3) is 0.444. The second kappa shape index (κ2) is 7.46. The van der Waals surface area contributed by atoms with Gasteiger partial charge < -0.3 is 15.6 Å². The van der Waals surface area contributed by atoms with Crippen LogP contribution in [0.5, 0.6) is 0 Å². The van der Waals surface area contributed by atoms with E-state index >= 15 is 0 Å². The Labute approximate surface area is 145 Å². The SMILES string of the molecule is NC(=O)C1CCCCN1C(=O)CCCc1nc2ccccc2c(=O)[nH]1. The third-order valence-electron chi connectivity index (χ3n) is 4.62. The van der Waals surface area contributed by atoms with E-state index in [1.807, 2.05) is 6.07 Å². The summed E-state index contributed by atoms with van der Waals surface area (Å²) < 4.78 is 0. The van der Waals surface area contributed by atoms with Crippen LogP contribution in [-0.2, 0) is 16.0 Å². The Morgan fingerprint density at radius 2 is 2.08 bits per heavy atom. The maximum absolute atomic E-state index is 12.4. The highest BCUT2D eigenvalue weighted by atomic mass is 16.2. The van der Waals surface area contributed by atoms with Crippen LogP contribution in [-0.4, -0.2) is 39.3 Å². The topological polar surface area (TPSA) is 109 Å². The molecule has 2 aromatic rings.